The van der Waals surface area contributed by atoms with Crippen LogP contribution in [0.5, 0.6) is 17.2 Å². The second-order valence-corrected chi connectivity index (χ2v) is 7.21. The summed E-state index contributed by atoms with van der Waals surface area (Å²) in [5.74, 6) is 0.602. The van der Waals surface area contributed by atoms with E-state index in [1.165, 1.54) is 21.3 Å². The number of benzene rings is 2. The third-order valence-corrected chi connectivity index (χ3v) is 5.13. The number of nitrogens with zero attached hydrogens (tertiary/aromatic N) is 1. The summed E-state index contributed by atoms with van der Waals surface area (Å²) in [5.41, 5.74) is 2.18. The number of carbonyl (C=O) groups excluding carboxylic acids is 2. The summed E-state index contributed by atoms with van der Waals surface area (Å²) < 4.78 is 21.7. The van der Waals surface area contributed by atoms with E-state index < -0.39 is 0 Å². The number of aryl methyl sites for hydroxylation is 1. The van der Waals surface area contributed by atoms with Crippen molar-refractivity contribution in [3.8, 4) is 17.2 Å². The van der Waals surface area contributed by atoms with Gasteiger partial charge in [0.15, 0.2) is 11.5 Å². The van der Waals surface area contributed by atoms with Crippen molar-refractivity contribution in [3.05, 3.63) is 58.8 Å². The first-order chi connectivity index (χ1) is 15.5. The predicted octanol–water partition coefficient (Wildman–Crippen LogP) is 2.65. The van der Waals surface area contributed by atoms with E-state index in [0.29, 0.717) is 54.7 Å². The molecule has 1 aliphatic rings. The molecule has 0 aliphatic carbocycles. The minimum absolute atomic E-state index is 0.128. The molecule has 1 N–H and O–H groups in total. The van der Waals surface area contributed by atoms with E-state index in [1.54, 1.807) is 35.2 Å². The number of amides is 2. The first kappa shape index (κ1) is 23.1. The van der Waals surface area contributed by atoms with Crippen LogP contribution in [0, 0.1) is 6.92 Å². The summed E-state index contributed by atoms with van der Waals surface area (Å²) in [7, 11) is 4.54. The van der Waals surface area contributed by atoms with Crippen molar-refractivity contribution in [2.24, 2.45) is 0 Å². The molecule has 1 heterocycles. The van der Waals surface area contributed by atoms with Crippen LogP contribution in [0.15, 0.2) is 42.1 Å². The Labute approximate surface area is 187 Å². The number of nitrogens with one attached hydrogen (secondary N) is 1. The van der Waals surface area contributed by atoms with Gasteiger partial charge in [-0.15, -0.1) is 0 Å². The van der Waals surface area contributed by atoms with Gasteiger partial charge in [0.05, 0.1) is 34.5 Å². The molecule has 2 aromatic carbocycles. The summed E-state index contributed by atoms with van der Waals surface area (Å²) >= 11 is 0. The average Bonchev–Trinajstić information content (AvgIpc) is 2.83. The number of ether oxygens (including phenoxy) is 4. The van der Waals surface area contributed by atoms with Crippen LogP contribution in [0.3, 0.4) is 0 Å². The highest BCUT2D eigenvalue weighted by atomic mass is 16.5. The van der Waals surface area contributed by atoms with E-state index in [4.69, 9.17) is 18.9 Å². The third-order valence-electron chi connectivity index (χ3n) is 5.13. The summed E-state index contributed by atoms with van der Waals surface area (Å²) in [6, 6.07) is 10.6. The number of hydrogen-bond donors (Lipinski definition) is 1. The largest absolute Gasteiger partial charge is 0.493 e. The van der Waals surface area contributed by atoms with Crippen molar-refractivity contribution in [1.82, 2.24) is 10.2 Å². The molecule has 3 rings (SSSR count). The van der Waals surface area contributed by atoms with Crippen molar-refractivity contribution < 1.29 is 28.5 Å². The zero-order chi connectivity index (χ0) is 23.1. The number of hydrogen-bond acceptors (Lipinski definition) is 6. The molecule has 0 bridgehead atoms. The summed E-state index contributed by atoms with van der Waals surface area (Å²) in [6.45, 7) is 3.73. The molecular weight excluding hydrogens is 412 g/mol. The minimum Gasteiger partial charge on any atom is -0.493 e. The van der Waals surface area contributed by atoms with Gasteiger partial charge in [-0.1, -0.05) is 17.7 Å². The quantitative estimate of drug-likeness (QED) is 0.667. The van der Waals surface area contributed by atoms with Gasteiger partial charge in [0.2, 0.25) is 5.75 Å². The molecule has 2 aromatic rings. The lowest BCUT2D eigenvalue weighted by Gasteiger charge is -2.28. The maximum Gasteiger partial charge on any atom is 0.270 e. The first-order valence-electron chi connectivity index (χ1n) is 10.2. The van der Waals surface area contributed by atoms with Crippen LogP contribution in [0.1, 0.15) is 21.5 Å². The van der Waals surface area contributed by atoms with E-state index in [-0.39, 0.29) is 17.5 Å². The molecule has 0 unspecified atom stereocenters. The van der Waals surface area contributed by atoms with E-state index in [1.807, 2.05) is 19.1 Å². The van der Waals surface area contributed by atoms with Gasteiger partial charge < -0.3 is 29.2 Å². The van der Waals surface area contributed by atoms with Crippen molar-refractivity contribution in [2.45, 2.75) is 6.92 Å². The molecule has 0 saturated carbocycles. The van der Waals surface area contributed by atoms with Gasteiger partial charge in [-0.3, -0.25) is 9.59 Å². The highest BCUT2D eigenvalue weighted by Crippen LogP contribution is 2.40. The number of carbonyl (C=O) groups is 2. The smallest absolute Gasteiger partial charge is 0.270 e. The zero-order valence-corrected chi connectivity index (χ0v) is 18.8. The first-order valence-corrected chi connectivity index (χ1v) is 10.2. The molecule has 0 radical (unpaired) electrons. The van der Waals surface area contributed by atoms with Crippen LogP contribution < -0.4 is 19.5 Å². The Kier molecular flexibility index (Phi) is 7.72. The Balaban J connectivity index is 2.01. The molecule has 170 valence electrons. The Hall–Kier alpha value is -3.52. The maximum atomic E-state index is 13.3. The number of rotatable bonds is 7. The van der Waals surface area contributed by atoms with Crippen molar-refractivity contribution in [2.75, 3.05) is 47.6 Å². The minimum atomic E-state index is -0.377. The normalized spacial score (nSPS) is 14.0. The van der Waals surface area contributed by atoms with Gasteiger partial charge in [0.1, 0.15) is 5.70 Å². The van der Waals surface area contributed by atoms with Crippen LogP contribution in [0.25, 0.3) is 6.08 Å². The van der Waals surface area contributed by atoms with E-state index in [2.05, 4.69) is 5.32 Å². The molecule has 8 nitrogen and oxygen atoms in total. The van der Waals surface area contributed by atoms with E-state index in [0.717, 1.165) is 5.56 Å². The van der Waals surface area contributed by atoms with E-state index >= 15 is 0 Å². The fourth-order valence-corrected chi connectivity index (χ4v) is 3.38. The Morgan fingerprint density at radius 2 is 1.59 bits per heavy atom. The molecule has 8 heteroatoms. The van der Waals surface area contributed by atoms with Gasteiger partial charge in [-0.25, -0.2) is 0 Å². The third kappa shape index (κ3) is 5.20. The Morgan fingerprint density at radius 3 is 2.19 bits per heavy atom. The van der Waals surface area contributed by atoms with Crippen LogP contribution >= 0.6 is 0 Å². The molecule has 1 saturated heterocycles. The van der Waals surface area contributed by atoms with E-state index in [9.17, 15) is 9.59 Å². The SMILES string of the molecule is COc1ccc(/C=C(/NC(=O)c2ccc(C)cc2)C(=O)N2CCOCC2)c(OC)c1OC. The van der Waals surface area contributed by atoms with Crippen LogP contribution in [-0.2, 0) is 9.53 Å². The maximum absolute atomic E-state index is 13.3. The van der Waals surface area contributed by atoms with Crippen molar-refractivity contribution in [1.29, 1.82) is 0 Å². The molecule has 0 aromatic heterocycles. The highest BCUT2D eigenvalue weighted by molar-refractivity contribution is 6.05. The van der Waals surface area contributed by atoms with Crippen molar-refractivity contribution >= 4 is 17.9 Å². The topological polar surface area (TPSA) is 86.3 Å². The summed E-state index contributed by atoms with van der Waals surface area (Å²) in [6.07, 6.45) is 1.59. The summed E-state index contributed by atoms with van der Waals surface area (Å²) in [5, 5.41) is 2.78. The molecular formula is C24H28N2O6. The van der Waals surface area contributed by atoms with Gasteiger partial charge in [0.25, 0.3) is 11.8 Å². The van der Waals surface area contributed by atoms with Gasteiger partial charge in [-0.2, -0.15) is 0 Å². The van der Waals surface area contributed by atoms with Gasteiger partial charge in [-0.05, 0) is 37.3 Å². The molecule has 2 amide bonds. The van der Waals surface area contributed by atoms with Gasteiger partial charge >= 0.3 is 0 Å². The molecule has 1 aliphatic heterocycles. The highest BCUT2D eigenvalue weighted by Gasteiger charge is 2.24. The monoisotopic (exact) mass is 440 g/mol. The second-order valence-electron chi connectivity index (χ2n) is 7.21. The summed E-state index contributed by atoms with van der Waals surface area (Å²) in [4.78, 5) is 27.8. The number of methoxy groups -OCH3 is 3. The molecule has 0 spiro atoms. The molecule has 0 atom stereocenters. The lowest BCUT2D eigenvalue weighted by molar-refractivity contribution is -0.131. The second kappa shape index (κ2) is 10.7. The van der Waals surface area contributed by atoms with Crippen LogP contribution in [-0.4, -0.2) is 64.3 Å². The molecule has 1 fully saturated rings. The standard InChI is InChI=1S/C24H28N2O6/c1-16-5-7-17(8-6-16)23(27)25-19(24(28)26-11-13-32-14-12-26)15-18-9-10-20(29-2)22(31-4)21(18)30-3/h5-10,15H,11-14H2,1-4H3,(H,25,27)/b19-15+. The van der Waals surface area contributed by atoms with Crippen LogP contribution in [0.4, 0.5) is 0 Å². The fraction of sp³-hybridized carbons (Fsp3) is 0.333. The van der Waals surface area contributed by atoms with Crippen LogP contribution in [0.2, 0.25) is 0 Å². The Bertz CT molecular complexity index is 994. The Morgan fingerprint density at radius 1 is 0.938 bits per heavy atom. The zero-order valence-electron chi connectivity index (χ0n) is 18.8. The number of morpholine rings is 1. The van der Waals surface area contributed by atoms with Crippen molar-refractivity contribution in [3.63, 3.8) is 0 Å². The molecule has 32 heavy (non-hydrogen) atoms. The lowest BCUT2D eigenvalue weighted by Crippen LogP contribution is -2.44. The average molecular weight is 440 g/mol. The lowest BCUT2D eigenvalue weighted by atomic mass is 10.1. The van der Waals surface area contributed by atoms with Gasteiger partial charge in [0, 0.05) is 24.2 Å². The predicted molar refractivity (Wildman–Crippen MR) is 120 cm³/mol. The fourth-order valence-electron chi connectivity index (χ4n) is 3.38.